The van der Waals surface area contributed by atoms with E-state index in [0.717, 1.165) is 19.3 Å². The van der Waals surface area contributed by atoms with E-state index >= 15 is 0 Å². The number of anilines is 1. The summed E-state index contributed by atoms with van der Waals surface area (Å²) in [5.74, 6) is 0.225. The lowest BCUT2D eigenvalue weighted by Gasteiger charge is -2.29. The van der Waals surface area contributed by atoms with E-state index in [2.05, 4.69) is 22.2 Å². The number of nitrogens with two attached hydrogens (primary N) is 1. The van der Waals surface area contributed by atoms with Crippen LogP contribution in [-0.4, -0.2) is 40.2 Å². The molecule has 3 N–H and O–H groups in total. The van der Waals surface area contributed by atoms with Crippen molar-refractivity contribution >= 4 is 29.5 Å². The van der Waals surface area contributed by atoms with Gasteiger partial charge in [0.25, 0.3) is 0 Å². The van der Waals surface area contributed by atoms with Crippen molar-refractivity contribution < 1.29 is 14.3 Å². The molecule has 1 fully saturated rings. The Labute approximate surface area is 146 Å². The van der Waals surface area contributed by atoms with E-state index < -0.39 is 5.97 Å². The Hall–Kier alpha value is -1.83. The maximum Gasteiger partial charge on any atom is 0.343 e. The van der Waals surface area contributed by atoms with Gasteiger partial charge >= 0.3 is 5.97 Å². The van der Waals surface area contributed by atoms with Crippen LogP contribution in [0.15, 0.2) is 11.4 Å². The third-order valence-electron chi connectivity index (χ3n) is 4.08. The molecule has 1 aliphatic rings. The van der Waals surface area contributed by atoms with Gasteiger partial charge in [-0.05, 0) is 25.7 Å². The Bertz CT molecular complexity index is 597. The molecule has 1 aliphatic carbocycles. The van der Waals surface area contributed by atoms with E-state index in [1.807, 2.05) is 0 Å². The number of carbonyl (C=O) groups excluding carboxylic acids is 2. The van der Waals surface area contributed by atoms with Crippen LogP contribution in [0.1, 0.15) is 49.9 Å². The highest BCUT2D eigenvalue weighted by Gasteiger charge is 2.23. The fourth-order valence-corrected chi connectivity index (χ4v) is 3.36. The maximum atomic E-state index is 12.1. The van der Waals surface area contributed by atoms with Gasteiger partial charge in [-0.1, -0.05) is 31.5 Å². The van der Waals surface area contributed by atoms with Gasteiger partial charge in [0.1, 0.15) is 11.4 Å². The van der Waals surface area contributed by atoms with Gasteiger partial charge in [-0.2, -0.15) is 0 Å². The predicted octanol–water partition coefficient (Wildman–Crippen LogP) is 2.02. The standard InChI is InChI=1S/C16H24N4O3S/c1-3-23-15(22)11-8-18-16(20-14(11)17)24-9-13(21)19-12-7-5-4-6-10(12)2/h8,10,12H,3-7,9H2,1-2H3,(H,19,21)(H2,17,18,20)/t10-,12-/m1/s1. The van der Waals surface area contributed by atoms with Crippen molar-refractivity contribution in [2.24, 2.45) is 5.92 Å². The molecular formula is C16H24N4O3S. The quantitative estimate of drug-likeness (QED) is 0.458. The number of nitrogens with one attached hydrogen (secondary N) is 1. The highest BCUT2D eigenvalue weighted by atomic mass is 32.2. The number of rotatable bonds is 6. The summed E-state index contributed by atoms with van der Waals surface area (Å²) in [5.41, 5.74) is 5.90. The molecule has 0 aromatic carbocycles. The molecule has 1 saturated carbocycles. The summed E-state index contributed by atoms with van der Waals surface area (Å²) in [6, 6.07) is 0.254. The van der Waals surface area contributed by atoms with Crippen LogP contribution in [0, 0.1) is 5.92 Å². The molecule has 2 rings (SSSR count). The summed E-state index contributed by atoms with van der Waals surface area (Å²) < 4.78 is 4.87. The Balaban J connectivity index is 1.86. The van der Waals surface area contributed by atoms with Crippen LogP contribution in [-0.2, 0) is 9.53 Å². The van der Waals surface area contributed by atoms with Gasteiger partial charge in [-0.25, -0.2) is 14.8 Å². The third-order valence-corrected chi connectivity index (χ3v) is 4.94. The van der Waals surface area contributed by atoms with Crippen molar-refractivity contribution in [2.45, 2.75) is 50.7 Å². The topological polar surface area (TPSA) is 107 Å². The first-order valence-electron chi connectivity index (χ1n) is 8.23. The van der Waals surface area contributed by atoms with Gasteiger partial charge in [-0.3, -0.25) is 4.79 Å². The Kier molecular flexibility index (Phi) is 6.84. The number of hydrogen-bond acceptors (Lipinski definition) is 7. The van der Waals surface area contributed by atoms with Gasteiger partial charge in [0.2, 0.25) is 5.91 Å². The van der Waals surface area contributed by atoms with E-state index in [1.54, 1.807) is 6.92 Å². The normalized spacial score (nSPS) is 20.4. The molecule has 132 valence electrons. The van der Waals surface area contributed by atoms with Crippen molar-refractivity contribution in [2.75, 3.05) is 18.1 Å². The van der Waals surface area contributed by atoms with Crippen molar-refractivity contribution in [1.82, 2.24) is 15.3 Å². The lowest BCUT2D eigenvalue weighted by molar-refractivity contribution is -0.119. The number of ether oxygens (including phenoxy) is 1. The molecule has 2 atom stereocenters. The Morgan fingerprint density at radius 2 is 2.17 bits per heavy atom. The van der Waals surface area contributed by atoms with Crippen molar-refractivity contribution in [3.63, 3.8) is 0 Å². The van der Waals surface area contributed by atoms with Crippen LogP contribution in [0.2, 0.25) is 0 Å². The highest BCUT2D eigenvalue weighted by molar-refractivity contribution is 7.99. The molecule has 1 aromatic heterocycles. The van der Waals surface area contributed by atoms with Gasteiger partial charge in [0.15, 0.2) is 5.16 Å². The van der Waals surface area contributed by atoms with E-state index in [4.69, 9.17) is 10.5 Å². The first kappa shape index (κ1) is 18.5. The molecule has 24 heavy (non-hydrogen) atoms. The summed E-state index contributed by atoms with van der Waals surface area (Å²) in [6.45, 7) is 4.15. The number of carbonyl (C=O) groups is 2. The molecule has 0 saturated heterocycles. The molecule has 7 nitrogen and oxygen atoms in total. The monoisotopic (exact) mass is 352 g/mol. The summed E-state index contributed by atoms with van der Waals surface area (Å²) >= 11 is 1.20. The number of esters is 1. The summed E-state index contributed by atoms with van der Waals surface area (Å²) in [4.78, 5) is 31.9. The smallest absolute Gasteiger partial charge is 0.343 e. The fraction of sp³-hybridized carbons (Fsp3) is 0.625. The number of nitrogens with zero attached hydrogens (tertiary/aromatic N) is 2. The Morgan fingerprint density at radius 1 is 1.42 bits per heavy atom. The lowest BCUT2D eigenvalue weighted by atomic mass is 9.86. The van der Waals surface area contributed by atoms with Crippen LogP contribution < -0.4 is 11.1 Å². The number of nitrogen functional groups attached to an aromatic ring is 1. The van der Waals surface area contributed by atoms with E-state index in [0.29, 0.717) is 11.1 Å². The SMILES string of the molecule is CCOC(=O)c1cnc(SCC(=O)N[C@@H]2CCCC[C@H]2C)nc1N. The second-order valence-corrected chi connectivity index (χ2v) is 6.84. The first-order valence-corrected chi connectivity index (χ1v) is 9.21. The molecule has 1 heterocycles. The zero-order valence-electron chi connectivity index (χ0n) is 14.1. The minimum atomic E-state index is -0.546. The summed E-state index contributed by atoms with van der Waals surface area (Å²) in [5, 5.41) is 3.45. The average molecular weight is 352 g/mol. The van der Waals surface area contributed by atoms with E-state index in [9.17, 15) is 9.59 Å². The lowest BCUT2D eigenvalue weighted by Crippen LogP contribution is -2.41. The highest BCUT2D eigenvalue weighted by Crippen LogP contribution is 2.24. The molecule has 0 spiro atoms. The third kappa shape index (κ3) is 5.09. The largest absolute Gasteiger partial charge is 0.462 e. The average Bonchev–Trinajstić information content (AvgIpc) is 2.55. The van der Waals surface area contributed by atoms with Crippen LogP contribution in [0.25, 0.3) is 0 Å². The van der Waals surface area contributed by atoms with Gasteiger partial charge < -0.3 is 15.8 Å². The van der Waals surface area contributed by atoms with Crippen molar-refractivity contribution in [3.8, 4) is 0 Å². The van der Waals surface area contributed by atoms with Gasteiger partial charge in [-0.15, -0.1) is 0 Å². The summed E-state index contributed by atoms with van der Waals surface area (Å²) in [7, 11) is 0. The summed E-state index contributed by atoms with van der Waals surface area (Å²) in [6.07, 6.45) is 5.94. The fourth-order valence-electron chi connectivity index (χ4n) is 2.72. The number of aromatic nitrogens is 2. The molecule has 0 aliphatic heterocycles. The number of thioether (sulfide) groups is 1. The molecule has 8 heteroatoms. The van der Waals surface area contributed by atoms with Gasteiger partial charge in [0, 0.05) is 12.2 Å². The second kappa shape index (κ2) is 8.86. The van der Waals surface area contributed by atoms with Gasteiger partial charge in [0.05, 0.1) is 12.4 Å². The Morgan fingerprint density at radius 3 is 2.83 bits per heavy atom. The first-order chi connectivity index (χ1) is 11.5. The molecular weight excluding hydrogens is 328 g/mol. The zero-order valence-corrected chi connectivity index (χ0v) is 14.9. The maximum absolute atomic E-state index is 12.1. The molecule has 0 bridgehead atoms. The van der Waals surface area contributed by atoms with E-state index in [-0.39, 0.29) is 35.7 Å². The van der Waals surface area contributed by atoms with Crippen LogP contribution >= 0.6 is 11.8 Å². The number of amides is 1. The van der Waals surface area contributed by atoms with Crippen molar-refractivity contribution in [3.05, 3.63) is 11.8 Å². The van der Waals surface area contributed by atoms with Crippen LogP contribution in [0.3, 0.4) is 0 Å². The predicted molar refractivity (Wildman–Crippen MR) is 92.7 cm³/mol. The molecule has 0 unspecified atom stereocenters. The van der Waals surface area contributed by atoms with Crippen LogP contribution in [0.4, 0.5) is 5.82 Å². The van der Waals surface area contributed by atoms with Crippen molar-refractivity contribution in [1.29, 1.82) is 0 Å². The molecule has 0 radical (unpaired) electrons. The van der Waals surface area contributed by atoms with Crippen LogP contribution in [0.5, 0.6) is 0 Å². The minimum Gasteiger partial charge on any atom is -0.462 e. The second-order valence-electron chi connectivity index (χ2n) is 5.90. The molecule has 1 aromatic rings. The molecule has 1 amide bonds. The zero-order chi connectivity index (χ0) is 17.5. The minimum absolute atomic E-state index is 0.0320. The number of hydrogen-bond donors (Lipinski definition) is 2. The van der Waals surface area contributed by atoms with E-state index in [1.165, 1.54) is 24.4 Å².